The number of amides is 1. The van der Waals surface area contributed by atoms with E-state index in [1.807, 2.05) is 6.07 Å². The molecule has 0 atom stereocenters. The zero-order valence-corrected chi connectivity index (χ0v) is 16.9. The van der Waals surface area contributed by atoms with Gasteiger partial charge < -0.3 is 5.32 Å². The van der Waals surface area contributed by atoms with Crippen LogP contribution in [0.2, 0.25) is 0 Å². The van der Waals surface area contributed by atoms with Gasteiger partial charge in [0.2, 0.25) is 5.91 Å². The highest BCUT2D eigenvalue weighted by atomic mass is 19.3. The van der Waals surface area contributed by atoms with Crippen LogP contribution in [-0.2, 0) is 11.3 Å². The third kappa shape index (κ3) is 4.14. The summed E-state index contributed by atoms with van der Waals surface area (Å²) in [5, 5.41) is 7.09. The van der Waals surface area contributed by atoms with Crippen LogP contribution < -0.4 is 5.32 Å². The fourth-order valence-corrected chi connectivity index (χ4v) is 3.43. The number of alkyl halides is 2. The number of rotatable bonds is 5. The van der Waals surface area contributed by atoms with Gasteiger partial charge in [-0.1, -0.05) is 36.4 Å². The van der Waals surface area contributed by atoms with Gasteiger partial charge in [-0.05, 0) is 37.6 Å². The maximum absolute atomic E-state index is 13.8. The fraction of sp³-hybridized carbons (Fsp3) is 0.174. The number of nitrogens with zero attached hydrogens (tertiary/aromatic N) is 3. The van der Waals surface area contributed by atoms with Crippen LogP contribution in [0.1, 0.15) is 23.2 Å². The zero-order valence-electron chi connectivity index (χ0n) is 16.9. The molecule has 0 unspecified atom stereocenters. The summed E-state index contributed by atoms with van der Waals surface area (Å²) in [6.07, 6.45) is -2.73. The van der Waals surface area contributed by atoms with E-state index in [1.165, 1.54) is 16.8 Å². The van der Waals surface area contributed by atoms with E-state index in [0.717, 1.165) is 0 Å². The normalized spacial score (nSPS) is 11.3. The van der Waals surface area contributed by atoms with Gasteiger partial charge in [0.15, 0.2) is 5.65 Å². The first kappa shape index (κ1) is 20.6. The molecule has 4 rings (SSSR count). The number of benzene rings is 2. The Morgan fingerprint density at radius 3 is 2.52 bits per heavy atom. The highest BCUT2D eigenvalue weighted by molar-refractivity contribution is 5.92. The lowest BCUT2D eigenvalue weighted by Crippen LogP contribution is -2.20. The molecule has 1 N–H and O–H groups in total. The van der Waals surface area contributed by atoms with E-state index < -0.39 is 18.1 Å². The van der Waals surface area contributed by atoms with E-state index in [9.17, 15) is 18.0 Å². The molecule has 4 aromatic rings. The molecule has 0 bridgehead atoms. The van der Waals surface area contributed by atoms with Crippen molar-refractivity contribution in [3.63, 3.8) is 0 Å². The predicted molar refractivity (Wildman–Crippen MR) is 112 cm³/mol. The predicted octanol–water partition coefficient (Wildman–Crippen LogP) is 5.43. The van der Waals surface area contributed by atoms with Crippen molar-refractivity contribution >= 4 is 22.6 Å². The molecule has 2 aromatic heterocycles. The summed E-state index contributed by atoms with van der Waals surface area (Å²) in [5.41, 5.74) is 2.16. The molecule has 0 aliphatic carbocycles. The molecule has 0 fully saturated rings. The molecule has 1 amide bonds. The van der Waals surface area contributed by atoms with Crippen LogP contribution >= 0.6 is 0 Å². The molecule has 8 heteroatoms. The van der Waals surface area contributed by atoms with Crippen molar-refractivity contribution in [3.05, 3.63) is 77.2 Å². The summed E-state index contributed by atoms with van der Waals surface area (Å²) < 4.78 is 42.7. The minimum atomic E-state index is -2.73. The van der Waals surface area contributed by atoms with Crippen molar-refractivity contribution in [1.82, 2.24) is 14.8 Å². The van der Waals surface area contributed by atoms with Crippen molar-refractivity contribution in [3.8, 4) is 11.3 Å². The lowest BCUT2D eigenvalue weighted by atomic mass is 10.1. The van der Waals surface area contributed by atoms with Crippen LogP contribution in [0.15, 0.2) is 54.6 Å². The second-order valence-electron chi connectivity index (χ2n) is 7.22. The van der Waals surface area contributed by atoms with Gasteiger partial charge in [0.1, 0.15) is 12.4 Å². The van der Waals surface area contributed by atoms with Gasteiger partial charge in [-0.3, -0.25) is 4.79 Å². The van der Waals surface area contributed by atoms with Crippen molar-refractivity contribution in [1.29, 1.82) is 0 Å². The summed E-state index contributed by atoms with van der Waals surface area (Å²) in [4.78, 5) is 17.1. The Kier molecular flexibility index (Phi) is 5.46. The standard InChI is InChI=1S/C23H19F3N4O/c1-13-8-9-16(10-18(13)24)27-20(31)12-30-23-21(14(2)29-30)17(22(25)26)11-19(28-23)15-6-4-3-5-7-15/h3-11,22H,12H2,1-2H3,(H,27,31). The number of pyridine rings is 1. The Hall–Kier alpha value is -3.68. The van der Waals surface area contributed by atoms with Gasteiger partial charge >= 0.3 is 0 Å². The summed E-state index contributed by atoms with van der Waals surface area (Å²) >= 11 is 0. The topological polar surface area (TPSA) is 59.8 Å². The third-order valence-electron chi connectivity index (χ3n) is 4.96. The van der Waals surface area contributed by atoms with Crippen LogP contribution in [0.5, 0.6) is 0 Å². The highest BCUT2D eigenvalue weighted by Gasteiger charge is 2.22. The van der Waals surface area contributed by atoms with Gasteiger partial charge in [0, 0.05) is 16.8 Å². The number of anilines is 1. The molecule has 0 aliphatic heterocycles. The molecule has 0 aliphatic rings. The number of carbonyl (C=O) groups is 1. The number of hydrogen-bond donors (Lipinski definition) is 1. The molecule has 2 heterocycles. The first-order chi connectivity index (χ1) is 14.8. The Labute approximate surface area is 176 Å². The van der Waals surface area contributed by atoms with Crippen LogP contribution in [0.4, 0.5) is 18.9 Å². The minimum Gasteiger partial charge on any atom is -0.324 e. The monoisotopic (exact) mass is 424 g/mol. The Morgan fingerprint density at radius 2 is 1.84 bits per heavy atom. The van der Waals surface area contributed by atoms with Gasteiger partial charge in [-0.15, -0.1) is 0 Å². The average molecular weight is 424 g/mol. The zero-order chi connectivity index (χ0) is 22.1. The Morgan fingerprint density at radius 1 is 1.10 bits per heavy atom. The molecule has 158 valence electrons. The largest absolute Gasteiger partial charge is 0.324 e. The van der Waals surface area contributed by atoms with E-state index >= 15 is 0 Å². The first-order valence-electron chi connectivity index (χ1n) is 9.61. The lowest BCUT2D eigenvalue weighted by molar-refractivity contribution is -0.116. The summed E-state index contributed by atoms with van der Waals surface area (Å²) in [6, 6.07) is 14.7. The third-order valence-corrected chi connectivity index (χ3v) is 4.96. The molecule has 0 saturated heterocycles. The molecule has 5 nitrogen and oxygen atoms in total. The molecule has 0 spiro atoms. The van der Waals surface area contributed by atoms with E-state index in [2.05, 4.69) is 15.4 Å². The molecule has 0 saturated carbocycles. The first-order valence-corrected chi connectivity index (χ1v) is 9.61. The Balaban J connectivity index is 1.73. The molecular formula is C23H19F3N4O. The highest BCUT2D eigenvalue weighted by Crippen LogP contribution is 2.33. The number of nitrogens with one attached hydrogen (secondary N) is 1. The summed E-state index contributed by atoms with van der Waals surface area (Å²) in [6.45, 7) is 2.96. The number of fused-ring (bicyclic) bond motifs is 1. The number of aryl methyl sites for hydroxylation is 2. The number of hydrogen-bond acceptors (Lipinski definition) is 3. The molecule has 0 radical (unpaired) electrons. The van der Waals surface area contributed by atoms with Gasteiger partial charge in [-0.25, -0.2) is 22.8 Å². The average Bonchev–Trinajstić information content (AvgIpc) is 3.05. The van der Waals surface area contributed by atoms with Crippen molar-refractivity contribution in [2.75, 3.05) is 5.32 Å². The van der Waals surface area contributed by atoms with Crippen LogP contribution in [0.25, 0.3) is 22.3 Å². The number of aromatic nitrogens is 3. The van der Waals surface area contributed by atoms with Crippen molar-refractivity contribution in [2.45, 2.75) is 26.8 Å². The number of halogens is 3. The maximum Gasteiger partial charge on any atom is 0.264 e. The van der Waals surface area contributed by atoms with Crippen molar-refractivity contribution < 1.29 is 18.0 Å². The maximum atomic E-state index is 13.8. The summed E-state index contributed by atoms with van der Waals surface area (Å²) in [5.74, 6) is -0.910. The molecular weight excluding hydrogens is 405 g/mol. The SMILES string of the molecule is Cc1ccc(NC(=O)Cn2nc(C)c3c(C(F)F)cc(-c4ccccc4)nc32)cc1F. The number of carbonyl (C=O) groups excluding carboxylic acids is 1. The van der Waals surface area contributed by atoms with E-state index in [4.69, 9.17) is 0 Å². The fourth-order valence-electron chi connectivity index (χ4n) is 3.43. The second-order valence-corrected chi connectivity index (χ2v) is 7.22. The van der Waals surface area contributed by atoms with Crippen molar-refractivity contribution in [2.24, 2.45) is 0 Å². The smallest absolute Gasteiger partial charge is 0.264 e. The van der Waals surface area contributed by atoms with E-state index in [1.54, 1.807) is 50.2 Å². The quantitative estimate of drug-likeness (QED) is 0.465. The molecule has 31 heavy (non-hydrogen) atoms. The van der Waals surface area contributed by atoms with Gasteiger partial charge in [0.05, 0.1) is 16.8 Å². The minimum absolute atomic E-state index is 0.186. The van der Waals surface area contributed by atoms with Gasteiger partial charge in [-0.2, -0.15) is 5.10 Å². The second kappa shape index (κ2) is 8.22. The van der Waals surface area contributed by atoms with E-state index in [0.29, 0.717) is 28.2 Å². The molecule has 2 aromatic carbocycles. The summed E-state index contributed by atoms with van der Waals surface area (Å²) in [7, 11) is 0. The van der Waals surface area contributed by atoms with Crippen LogP contribution in [0, 0.1) is 19.7 Å². The van der Waals surface area contributed by atoms with Crippen LogP contribution in [-0.4, -0.2) is 20.7 Å². The Bertz CT molecular complexity index is 1270. The lowest BCUT2D eigenvalue weighted by Gasteiger charge is -2.09. The van der Waals surface area contributed by atoms with Gasteiger partial charge in [0.25, 0.3) is 6.43 Å². The van der Waals surface area contributed by atoms with E-state index in [-0.39, 0.29) is 23.1 Å². The van der Waals surface area contributed by atoms with Crippen LogP contribution in [0.3, 0.4) is 0 Å².